The van der Waals surface area contributed by atoms with Crippen LogP contribution >= 0.6 is 0 Å². The van der Waals surface area contributed by atoms with Crippen molar-refractivity contribution in [3.63, 3.8) is 0 Å². The van der Waals surface area contributed by atoms with E-state index in [-0.39, 0.29) is 11.9 Å². The van der Waals surface area contributed by atoms with Crippen LogP contribution in [0, 0.1) is 6.92 Å². The molecule has 5 nitrogen and oxygen atoms in total. The van der Waals surface area contributed by atoms with Crippen LogP contribution in [-0.2, 0) is 0 Å². The van der Waals surface area contributed by atoms with Crippen molar-refractivity contribution in [1.82, 2.24) is 5.32 Å². The summed E-state index contributed by atoms with van der Waals surface area (Å²) in [5.41, 5.74) is 6.06. The summed E-state index contributed by atoms with van der Waals surface area (Å²) in [5.74, 6) is -0.136. The molecular weight excluding hydrogens is 350 g/mol. The maximum Gasteiger partial charge on any atom is 0.254 e. The van der Waals surface area contributed by atoms with Crippen LogP contribution in [0.15, 0.2) is 76.5 Å². The zero-order valence-corrected chi connectivity index (χ0v) is 16.1. The van der Waals surface area contributed by atoms with E-state index in [1.54, 1.807) is 6.07 Å². The molecule has 142 valence electrons. The molecule has 3 aromatic rings. The van der Waals surface area contributed by atoms with E-state index in [0.717, 1.165) is 22.5 Å². The third kappa shape index (κ3) is 3.56. The molecule has 0 saturated heterocycles. The molecule has 2 aromatic carbocycles. The second kappa shape index (κ2) is 7.72. The Hall–Kier alpha value is -3.34. The van der Waals surface area contributed by atoms with Crippen LogP contribution in [0.2, 0.25) is 0 Å². The van der Waals surface area contributed by atoms with Gasteiger partial charge in [0.15, 0.2) is 0 Å². The quantitative estimate of drug-likeness (QED) is 0.759. The highest BCUT2D eigenvalue weighted by Gasteiger charge is 2.25. The summed E-state index contributed by atoms with van der Waals surface area (Å²) in [6, 6.07) is 18.4. The molecule has 4 rings (SSSR count). The number of rotatable bonds is 4. The van der Waals surface area contributed by atoms with Gasteiger partial charge in [0, 0.05) is 30.4 Å². The number of likely N-dealkylation sites (N-methyl/N-ethyl adjacent to an activating group) is 1. The zero-order valence-electron chi connectivity index (χ0n) is 16.1. The van der Waals surface area contributed by atoms with Crippen LogP contribution in [0.4, 0.5) is 5.69 Å². The largest absolute Gasteiger partial charge is 0.472 e. The number of fused-ring (bicyclic) bond motifs is 1. The van der Waals surface area contributed by atoms with E-state index in [1.165, 1.54) is 18.1 Å². The maximum absolute atomic E-state index is 12.3. The van der Waals surface area contributed by atoms with Crippen LogP contribution in [0.25, 0.3) is 0 Å². The average molecular weight is 373 g/mol. The Kier molecular flexibility index (Phi) is 4.98. The molecule has 0 saturated carbocycles. The molecule has 28 heavy (non-hydrogen) atoms. The number of aliphatic imine (C=N–C) groups is 1. The number of furan rings is 1. The minimum absolute atomic E-state index is 0.0533. The Morgan fingerprint density at radius 1 is 1.21 bits per heavy atom. The second-order valence-electron chi connectivity index (χ2n) is 7.06. The lowest BCUT2D eigenvalue weighted by Crippen LogP contribution is -2.43. The van der Waals surface area contributed by atoms with Gasteiger partial charge in [-0.15, -0.1) is 0 Å². The van der Waals surface area contributed by atoms with Gasteiger partial charge in [-0.05, 0) is 24.6 Å². The summed E-state index contributed by atoms with van der Waals surface area (Å²) < 4.78 is 5.00. The van der Waals surface area contributed by atoms with Crippen molar-refractivity contribution in [2.75, 3.05) is 25.0 Å². The van der Waals surface area contributed by atoms with Crippen molar-refractivity contribution in [2.24, 2.45) is 4.99 Å². The molecular formula is C23H23N3O2. The maximum atomic E-state index is 12.3. The lowest BCUT2D eigenvalue weighted by molar-refractivity contribution is 0.0951. The minimum atomic E-state index is -0.136. The zero-order chi connectivity index (χ0) is 19.5. The fourth-order valence-corrected chi connectivity index (χ4v) is 3.49. The standard InChI is InChI=1S/C23H23N3O2/c1-16-8-9-20-21(12-16)26(2)19(14-25-23(27)18-10-11-28-15-18)13-24-22(20)17-6-4-3-5-7-17/h3-12,15,19H,13-14H2,1-2H3,(H,25,27)/t19-/m1/s1. The van der Waals surface area contributed by atoms with Crippen molar-refractivity contribution in [2.45, 2.75) is 13.0 Å². The number of aryl methyl sites for hydroxylation is 1. The third-order valence-electron chi connectivity index (χ3n) is 5.13. The van der Waals surface area contributed by atoms with Gasteiger partial charge < -0.3 is 14.6 Å². The van der Waals surface area contributed by atoms with E-state index in [4.69, 9.17) is 9.41 Å². The summed E-state index contributed by atoms with van der Waals surface area (Å²) in [6.45, 7) is 3.19. The van der Waals surface area contributed by atoms with Crippen LogP contribution in [0.3, 0.4) is 0 Å². The van der Waals surface area contributed by atoms with Gasteiger partial charge in [0.1, 0.15) is 6.26 Å². The topological polar surface area (TPSA) is 57.8 Å². The molecule has 1 aliphatic rings. The van der Waals surface area contributed by atoms with Crippen molar-refractivity contribution >= 4 is 17.3 Å². The van der Waals surface area contributed by atoms with Crippen LogP contribution in [0.5, 0.6) is 0 Å². The number of amides is 1. The van der Waals surface area contributed by atoms with Gasteiger partial charge in [0.05, 0.1) is 30.1 Å². The summed E-state index contributed by atoms with van der Waals surface area (Å²) >= 11 is 0. The molecule has 5 heteroatoms. The third-order valence-corrected chi connectivity index (χ3v) is 5.13. The lowest BCUT2D eigenvalue weighted by Gasteiger charge is -2.29. The molecule has 0 unspecified atom stereocenters. The lowest BCUT2D eigenvalue weighted by atomic mass is 9.99. The molecule has 0 aliphatic carbocycles. The average Bonchev–Trinajstić information content (AvgIpc) is 3.22. The van der Waals surface area contributed by atoms with Crippen molar-refractivity contribution in [1.29, 1.82) is 0 Å². The number of benzodiazepines with no additional fused rings is 1. The van der Waals surface area contributed by atoms with E-state index in [9.17, 15) is 4.79 Å². The van der Waals surface area contributed by atoms with E-state index in [0.29, 0.717) is 18.7 Å². The Morgan fingerprint density at radius 2 is 2.04 bits per heavy atom. The van der Waals surface area contributed by atoms with Gasteiger partial charge in [-0.1, -0.05) is 42.5 Å². The number of hydrogen-bond acceptors (Lipinski definition) is 4. The van der Waals surface area contributed by atoms with E-state index >= 15 is 0 Å². The summed E-state index contributed by atoms with van der Waals surface area (Å²) in [7, 11) is 2.07. The predicted octanol–water partition coefficient (Wildman–Crippen LogP) is 3.67. The Labute approximate surface area is 164 Å². The van der Waals surface area contributed by atoms with Crippen LogP contribution in [0.1, 0.15) is 27.0 Å². The number of hydrogen-bond donors (Lipinski definition) is 1. The Balaban J connectivity index is 1.64. The smallest absolute Gasteiger partial charge is 0.254 e. The normalized spacial score (nSPS) is 16.1. The van der Waals surface area contributed by atoms with Gasteiger partial charge >= 0.3 is 0 Å². The Bertz CT molecular complexity index is 994. The molecule has 1 aliphatic heterocycles. The van der Waals surface area contributed by atoms with Gasteiger partial charge in [-0.3, -0.25) is 9.79 Å². The van der Waals surface area contributed by atoms with Gasteiger partial charge in [0.25, 0.3) is 5.91 Å². The van der Waals surface area contributed by atoms with E-state index < -0.39 is 0 Å². The number of benzene rings is 2. The first-order valence-electron chi connectivity index (χ1n) is 9.37. The summed E-state index contributed by atoms with van der Waals surface area (Å²) in [6.07, 6.45) is 2.96. The highest BCUT2D eigenvalue weighted by atomic mass is 16.3. The first-order valence-corrected chi connectivity index (χ1v) is 9.37. The summed E-state index contributed by atoms with van der Waals surface area (Å²) in [5, 5.41) is 3.00. The SMILES string of the molecule is Cc1ccc2c(c1)N(C)[C@@H](CNC(=O)c1ccoc1)CN=C2c1ccccc1. The fourth-order valence-electron chi connectivity index (χ4n) is 3.49. The Morgan fingerprint density at radius 3 is 2.79 bits per heavy atom. The molecule has 0 bridgehead atoms. The number of nitrogens with one attached hydrogen (secondary N) is 1. The molecule has 1 aromatic heterocycles. The van der Waals surface area contributed by atoms with E-state index in [2.05, 4.69) is 54.5 Å². The predicted molar refractivity (Wildman–Crippen MR) is 111 cm³/mol. The first-order chi connectivity index (χ1) is 13.6. The summed E-state index contributed by atoms with van der Waals surface area (Å²) in [4.78, 5) is 19.5. The number of carbonyl (C=O) groups excluding carboxylic acids is 1. The van der Waals surface area contributed by atoms with Crippen molar-refractivity contribution in [3.8, 4) is 0 Å². The van der Waals surface area contributed by atoms with Gasteiger partial charge in [-0.2, -0.15) is 0 Å². The molecule has 1 N–H and O–H groups in total. The fraction of sp³-hybridized carbons (Fsp3) is 0.217. The highest BCUT2D eigenvalue weighted by molar-refractivity contribution is 6.16. The highest BCUT2D eigenvalue weighted by Crippen LogP contribution is 2.28. The first kappa shape index (κ1) is 18.0. The molecule has 0 spiro atoms. The van der Waals surface area contributed by atoms with Crippen LogP contribution in [-0.4, -0.2) is 37.8 Å². The van der Waals surface area contributed by atoms with Crippen molar-refractivity contribution < 1.29 is 9.21 Å². The molecule has 0 radical (unpaired) electrons. The molecule has 0 fully saturated rings. The number of nitrogens with zero attached hydrogens (tertiary/aromatic N) is 2. The molecule has 1 atom stereocenters. The molecule has 2 heterocycles. The number of anilines is 1. The number of carbonyl (C=O) groups is 1. The second-order valence-corrected chi connectivity index (χ2v) is 7.06. The van der Waals surface area contributed by atoms with Gasteiger partial charge in [-0.25, -0.2) is 0 Å². The van der Waals surface area contributed by atoms with Crippen LogP contribution < -0.4 is 10.2 Å². The van der Waals surface area contributed by atoms with E-state index in [1.807, 2.05) is 18.2 Å². The van der Waals surface area contributed by atoms with Crippen molar-refractivity contribution in [3.05, 3.63) is 89.4 Å². The van der Waals surface area contributed by atoms with Gasteiger partial charge in [0.2, 0.25) is 0 Å². The monoisotopic (exact) mass is 373 g/mol. The minimum Gasteiger partial charge on any atom is -0.472 e. The molecule has 1 amide bonds.